The Morgan fingerprint density at radius 2 is 2.16 bits per heavy atom. The molecule has 0 aromatic carbocycles. The molecule has 19 heavy (non-hydrogen) atoms. The Balaban J connectivity index is 2.34. The first-order valence-electron chi connectivity index (χ1n) is 5.35. The molecule has 0 atom stereocenters. The van der Waals surface area contributed by atoms with Gasteiger partial charge in [0, 0.05) is 17.6 Å². The fraction of sp³-hybridized carbons (Fsp3) is 0.182. The molecule has 0 spiro atoms. The number of hydrogen-bond donors (Lipinski definition) is 2. The molecule has 0 aliphatic rings. The Morgan fingerprint density at radius 3 is 2.74 bits per heavy atom. The average molecular weight is 362 g/mol. The molecule has 0 aliphatic heterocycles. The summed E-state index contributed by atoms with van der Waals surface area (Å²) < 4.78 is 27.6. The summed E-state index contributed by atoms with van der Waals surface area (Å²) in [5.74, 6) is 0. The van der Waals surface area contributed by atoms with Crippen molar-refractivity contribution < 1.29 is 8.42 Å². The van der Waals surface area contributed by atoms with Crippen molar-refractivity contribution in [2.24, 2.45) is 5.73 Å². The Labute approximate surface area is 124 Å². The SMILES string of the molecule is Cc1cncc(NS(=O)(=O)c2cc(CN)sc2Br)c1. The van der Waals surface area contributed by atoms with Crippen molar-refractivity contribution in [2.45, 2.75) is 18.4 Å². The number of nitrogens with two attached hydrogens (primary N) is 1. The van der Waals surface area contributed by atoms with Gasteiger partial charge in [-0.3, -0.25) is 9.71 Å². The van der Waals surface area contributed by atoms with E-state index in [9.17, 15) is 8.42 Å². The van der Waals surface area contributed by atoms with Crippen LogP contribution in [-0.4, -0.2) is 13.4 Å². The molecule has 2 aromatic rings. The highest BCUT2D eigenvalue weighted by Gasteiger charge is 2.20. The highest BCUT2D eigenvalue weighted by molar-refractivity contribution is 9.11. The van der Waals surface area contributed by atoms with Crippen molar-refractivity contribution >= 4 is 43.0 Å². The van der Waals surface area contributed by atoms with Crippen molar-refractivity contribution in [1.29, 1.82) is 0 Å². The van der Waals surface area contributed by atoms with Gasteiger partial charge in [-0.2, -0.15) is 0 Å². The van der Waals surface area contributed by atoms with Crippen LogP contribution in [-0.2, 0) is 16.6 Å². The van der Waals surface area contributed by atoms with E-state index in [1.54, 1.807) is 18.3 Å². The maximum atomic E-state index is 12.3. The summed E-state index contributed by atoms with van der Waals surface area (Å²) in [6.07, 6.45) is 3.12. The fourth-order valence-electron chi connectivity index (χ4n) is 1.50. The molecule has 2 rings (SSSR count). The van der Waals surface area contributed by atoms with Gasteiger partial charge in [0.25, 0.3) is 10.0 Å². The molecule has 3 N–H and O–H groups in total. The molecule has 0 saturated heterocycles. The van der Waals surface area contributed by atoms with Crippen LogP contribution >= 0.6 is 27.3 Å². The summed E-state index contributed by atoms with van der Waals surface area (Å²) in [7, 11) is -3.63. The van der Waals surface area contributed by atoms with Crippen LogP contribution < -0.4 is 10.5 Å². The van der Waals surface area contributed by atoms with Gasteiger partial charge in [0.2, 0.25) is 0 Å². The lowest BCUT2D eigenvalue weighted by Crippen LogP contribution is -2.13. The van der Waals surface area contributed by atoms with E-state index in [2.05, 4.69) is 25.6 Å². The molecule has 0 unspecified atom stereocenters. The van der Waals surface area contributed by atoms with Crippen LogP contribution in [0.3, 0.4) is 0 Å². The van der Waals surface area contributed by atoms with Crippen LogP contribution in [0.4, 0.5) is 5.69 Å². The van der Waals surface area contributed by atoms with Gasteiger partial charge in [0.05, 0.1) is 15.7 Å². The van der Waals surface area contributed by atoms with E-state index in [1.165, 1.54) is 17.5 Å². The molecule has 0 aliphatic carbocycles. The number of hydrogen-bond acceptors (Lipinski definition) is 5. The monoisotopic (exact) mass is 361 g/mol. The first-order chi connectivity index (χ1) is 8.92. The molecular weight excluding hydrogens is 350 g/mol. The van der Waals surface area contributed by atoms with Crippen LogP contribution in [0.1, 0.15) is 10.4 Å². The highest BCUT2D eigenvalue weighted by Crippen LogP contribution is 2.32. The second kappa shape index (κ2) is 5.58. The number of sulfonamides is 1. The minimum Gasteiger partial charge on any atom is -0.326 e. The van der Waals surface area contributed by atoms with Crippen molar-refractivity contribution in [1.82, 2.24) is 4.98 Å². The summed E-state index contributed by atoms with van der Waals surface area (Å²) in [4.78, 5) is 4.94. The van der Waals surface area contributed by atoms with Gasteiger partial charge in [-0.05, 0) is 40.5 Å². The van der Waals surface area contributed by atoms with Crippen LogP contribution in [0, 0.1) is 6.92 Å². The minimum absolute atomic E-state index is 0.194. The standard InChI is InChI=1S/C11H12BrN3O2S2/c1-7-2-8(6-14-5-7)15-19(16,17)10-3-9(4-13)18-11(10)12/h2-3,5-6,15H,4,13H2,1H3. The Bertz CT molecular complexity index is 698. The number of halogens is 1. The number of aryl methyl sites for hydroxylation is 1. The zero-order chi connectivity index (χ0) is 14.0. The molecule has 0 saturated carbocycles. The number of anilines is 1. The van der Waals surface area contributed by atoms with Crippen LogP contribution in [0.5, 0.6) is 0 Å². The van der Waals surface area contributed by atoms with Crippen molar-refractivity contribution in [3.8, 4) is 0 Å². The Hall–Kier alpha value is -0.960. The van der Waals surface area contributed by atoms with Gasteiger partial charge in [-0.15, -0.1) is 11.3 Å². The predicted molar refractivity (Wildman–Crippen MR) is 79.7 cm³/mol. The van der Waals surface area contributed by atoms with E-state index < -0.39 is 10.0 Å². The highest BCUT2D eigenvalue weighted by atomic mass is 79.9. The maximum Gasteiger partial charge on any atom is 0.263 e. The first kappa shape index (κ1) is 14.4. The number of pyridine rings is 1. The van der Waals surface area contributed by atoms with Crippen molar-refractivity contribution in [2.75, 3.05) is 4.72 Å². The van der Waals surface area contributed by atoms with Gasteiger partial charge in [-0.1, -0.05) is 0 Å². The molecule has 8 heteroatoms. The van der Waals surface area contributed by atoms with Crippen molar-refractivity contribution in [3.05, 3.63) is 38.8 Å². The van der Waals surface area contributed by atoms with Crippen molar-refractivity contribution in [3.63, 3.8) is 0 Å². The molecule has 2 aromatic heterocycles. The molecule has 0 fully saturated rings. The molecule has 5 nitrogen and oxygen atoms in total. The third kappa shape index (κ3) is 3.33. The third-order valence-corrected chi connectivity index (χ3v) is 5.98. The molecule has 0 radical (unpaired) electrons. The summed E-state index contributed by atoms with van der Waals surface area (Å²) in [6.45, 7) is 2.16. The van der Waals surface area contributed by atoms with E-state index in [0.717, 1.165) is 10.4 Å². The quantitative estimate of drug-likeness (QED) is 0.875. The second-order valence-corrected chi connectivity index (χ2v) is 8.02. The predicted octanol–water partition coefficient (Wildman–Crippen LogP) is 2.47. The molecule has 0 bridgehead atoms. The minimum atomic E-state index is -3.63. The Kier molecular flexibility index (Phi) is 4.24. The number of nitrogens with one attached hydrogen (secondary N) is 1. The summed E-state index contributed by atoms with van der Waals surface area (Å²) in [5, 5.41) is 0. The lowest BCUT2D eigenvalue weighted by Gasteiger charge is -2.07. The average Bonchev–Trinajstić information content (AvgIpc) is 2.71. The fourth-order valence-corrected chi connectivity index (χ4v) is 5.10. The van der Waals surface area contributed by atoms with Gasteiger partial charge < -0.3 is 5.73 Å². The zero-order valence-electron chi connectivity index (χ0n) is 10.1. The summed E-state index contributed by atoms with van der Waals surface area (Å²) >= 11 is 4.56. The largest absolute Gasteiger partial charge is 0.326 e. The zero-order valence-corrected chi connectivity index (χ0v) is 13.3. The lowest BCUT2D eigenvalue weighted by atomic mass is 10.3. The normalized spacial score (nSPS) is 11.5. The Morgan fingerprint density at radius 1 is 1.42 bits per heavy atom. The molecule has 0 amide bonds. The van der Waals surface area contributed by atoms with Gasteiger partial charge in [0.1, 0.15) is 4.90 Å². The maximum absolute atomic E-state index is 12.3. The van der Waals surface area contributed by atoms with Crippen LogP contribution in [0.2, 0.25) is 0 Å². The van der Waals surface area contributed by atoms with Gasteiger partial charge >= 0.3 is 0 Å². The number of thiophene rings is 1. The summed E-state index contributed by atoms with van der Waals surface area (Å²) in [5.41, 5.74) is 6.83. The smallest absolute Gasteiger partial charge is 0.263 e. The first-order valence-corrected chi connectivity index (χ1v) is 8.44. The van der Waals surface area contributed by atoms with Crippen LogP contribution in [0.15, 0.2) is 33.2 Å². The van der Waals surface area contributed by atoms with Gasteiger partial charge in [0.15, 0.2) is 0 Å². The molecule has 102 valence electrons. The van der Waals surface area contributed by atoms with E-state index >= 15 is 0 Å². The topological polar surface area (TPSA) is 85.1 Å². The second-order valence-electron chi connectivity index (χ2n) is 3.91. The van der Waals surface area contributed by atoms with Gasteiger partial charge in [-0.25, -0.2) is 8.42 Å². The molecule has 2 heterocycles. The lowest BCUT2D eigenvalue weighted by molar-refractivity contribution is 0.601. The molecular formula is C11H12BrN3O2S2. The number of aromatic nitrogens is 1. The van der Waals surface area contributed by atoms with E-state index in [0.29, 0.717) is 16.0 Å². The summed E-state index contributed by atoms with van der Waals surface area (Å²) in [6, 6.07) is 3.29. The number of nitrogens with zero attached hydrogens (tertiary/aromatic N) is 1. The van der Waals surface area contributed by atoms with E-state index in [-0.39, 0.29) is 4.90 Å². The third-order valence-electron chi connectivity index (χ3n) is 2.32. The van der Waals surface area contributed by atoms with Crippen LogP contribution in [0.25, 0.3) is 0 Å². The van der Waals surface area contributed by atoms with E-state index in [4.69, 9.17) is 5.73 Å². The number of rotatable bonds is 4. The van der Waals surface area contributed by atoms with E-state index in [1.807, 2.05) is 6.92 Å².